The van der Waals surface area contributed by atoms with Gasteiger partial charge in [-0.05, 0) is 36.2 Å². The lowest BCUT2D eigenvalue weighted by molar-refractivity contribution is 0.569. The zero-order valence-electron chi connectivity index (χ0n) is 9.85. The number of hydrogen-bond donors (Lipinski definition) is 0. The molecule has 2 aromatic carbocycles. The highest BCUT2D eigenvalue weighted by atomic mass is 79.9. The van der Waals surface area contributed by atoms with Crippen LogP contribution in [0, 0.1) is 18.6 Å². The van der Waals surface area contributed by atoms with Crippen molar-refractivity contribution in [3.63, 3.8) is 0 Å². The molecule has 0 saturated carbocycles. The summed E-state index contributed by atoms with van der Waals surface area (Å²) in [5.41, 5.74) is 1.49. The second-order valence-corrected chi connectivity index (χ2v) is 6.39. The second kappa shape index (κ2) is 5.90. The first kappa shape index (κ1) is 14.9. The predicted octanol–water partition coefficient (Wildman–Crippen LogP) is 6.17. The average molecular weight is 410 g/mol. The maximum Gasteiger partial charge on any atom is 0.130 e. The van der Waals surface area contributed by atoms with Crippen LogP contribution in [0.25, 0.3) is 0 Å². The summed E-state index contributed by atoms with van der Waals surface area (Å²) in [6.07, 6.45) is 0. The molecule has 1 atom stereocenters. The number of alkyl halides is 1. The van der Waals surface area contributed by atoms with E-state index in [-0.39, 0.29) is 0 Å². The van der Waals surface area contributed by atoms with E-state index >= 15 is 0 Å². The van der Waals surface area contributed by atoms with Gasteiger partial charge in [0.1, 0.15) is 11.6 Å². The topological polar surface area (TPSA) is 0 Å². The van der Waals surface area contributed by atoms with E-state index in [0.29, 0.717) is 16.1 Å². The summed E-state index contributed by atoms with van der Waals surface area (Å²) in [7, 11) is 0. The van der Waals surface area contributed by atoms with Gasteiger partial charge < -0.3 is 0 Å². The molecular formula is C14H9Br2ClF2. The van der Waals surface area contributed by atoms with Crippen LogP contribution < -0.4 is 0 Å². The van der Waals surface area contributed by atoms with E-state index in [4.69, 9.17) is 11.6 Å². The predicted molar refractivity (Wildman–Crippen MR) is 81.0 cm³/mol. The third kappa shape index (κ3) is 3.18. The van der Waals surface area contributed by atoms with E-state index < -0.39 is 16.5 Å². The third-order valence-electron chi connectivity index (χ3n) is 2.79. The first-order valence-electron chi connectivity index (χ1n) is 5.44. The Labute approximate surface area is 132 Å². The molecular weight excluding hydrogens is 401 g/mol. The molecule has 0 radical (unpaired) electrons. The van der Waals surface area contributed by atoms with Crippen molar-refractivity contribution in [2.75, 3.05) is 0 Å². The van der Waals surface area contributed by atoms with Crippen molar-refractivity contribution in [1.29, 1.82) is 0 Å². The second-order valence-electron chi connectivity index (χ2n) is 4.15. The van der Waals surface area contributed by atoms with Gasteiger partial charge in [0.25, 0.3) is 0 Å². The molecule has 100 valence electrons. The minimum absolute atomic E-state index is 0.364. The van der Waals surface area contributed by atoms with Crippen LogP contribution in [0.4, 0.5) is 8.78 Å². The molecule has 0 fully saturated rings. The largest absolute Gasteiger partial charge is 0.207 e. The van der Waals surface area contributed by atoms with Crippen LogP contribution in [0.5, 0.6) is 0 Å². The Hall–Kier alpha value is -0.450. The molecule has 1 unspecified atom stereocenters. The molecule has 0 spiro atoms. The SMILES string of the molecule is Cc1cc(C(Br)c2ccc(Br)cc2Cl)c(F)cc1F. The highest BCUT2D eigenvalue weighted by Gasteiger charge is 2.19. The van der Waals surface area contributed by atoms with E-state index in [2.05, 4.69) is 31.9 Å². The number of halogens is 5. The highest BCUT2D eigenvalue weighted by Crippen LogP contribution is 2.38. The number of aryl methyl sites for hydroxylation is 1. The number of rotatable bonds is 2. The van der Waals surface area contributed by atoms with Crippen LogP contribution in [0.15, 0.2) is 34.8 Å². The summed E-state index contributed by atoms with van der Waals surface area (Å²) in [5.74, 6) is -1.15. The molecule has 5 heteroatoms. The van der Waals surface area contributed by atoms with Gasteiger partial charge in [0, 0.05) is 21.1 Å². The summed E-state index contributed by atoms with van der Waals surface area (Å²) < 4.78 is 28.0. The van der Waals surface area contributed by atoms with E-state index in [0.717, 1.165) is 16.1 Å². The quantitative estimate of drug-likeness (QED) is 0.519. The third-order valence-corrected chi connectivity index (χ3v) is 4.59. The molecule has 0 saturated heterocycles. The minimum Gasteiger partial charge on any atom is -0.207 e. The molecule has 2 aromatic rings. The average Bonchev–Trinajstić information content (AvgIpc) is 2.33. The van der Waals surface area contributed by atoms with Crippen LogP contribution in [-0.4, -0.2) is 0 Å². The van der Waals surface area contributed by atoms with E-state index in [1.165, 1.54) is 6.07 Å². The minimum atomic E-state index is -0.594. The van der Waals surface area contributed by atoms with Crippen LogP contribution in [0.2, 0.25) is 5.02 Å². The number of hydrogen-bond acceptors (Lipinski definition) is 0. The zero-order valence-corrected chi connectivity index (χ0v) is 13.8. The van der Waals surface area contributed by atoms with Crippen molar-refractivity contribution in [2.45, 2.75) is 11.8 Å². The Morgan fingerprint density at radius 2 is 1.74 bits per heavy atom. The maximum absolute atomic E-state index is 13.9. The first-order chi connectivity index (χ1) is 8.90. The molecule has 0 aliphatic heterocycles. The van der Waals surface area contributed by atoms with Crippen molar-refractivity contribution < 1.29 is 8.78 Å². The molecule has 19 heavy (non-hydrogen) atoms. The summed E-state index contributed by atoms with van der Waals surface area (Å²) in [5, 5.41) is 0.512. The smallest absolute Gasteiger partial charge is 0.130 e. The van der Waals surface area contributed by atoms with Gasteiger partial charge in [0.2, 0.25) is 0 Å². The van der Waals surface area contributed by atoms with Gasteiger partial charge in [-0.25, -0.2) is 8.78 Å². The van der Waals surface area contributed by atoms with Crippen molar-refractivity contribution in [1.82, 2.24) is 0 Å². The van der Waals surface area contributed by atoms with Gasteiger partial charge in [-0.1, -0.05) is 49.5 Å². The van der Waals surface area contributed by atoms with Gasteiger partial charge in [-0.3, -0.25) is 0 Å². The molecule has 0 N–H and O–H groups in total. The summed E-state index contributed by atoms with van der Waals surface area (Å²) in [6.45, 7) is 1.60. The lowest BCUT2D eigenvalue weighted by Gasteiger charge is -2.14. The van der Waals surface area contributed by atoms with Crippen LogP contribution in [-0.2, 0) is 0 Å². The van der Waals surface area contributed by atoms with Crippen LogP contribution in [0.3, 0.4) is 0 Å². The maximum atomic E-state index is 13.9. The Morgan fingerprint density at radius 3 is 2.37 bits per heavy atom. The van der Waals surface area contributed by atoms with Gasteiger partial charge in [-0.2, -0.15) is 0 Å². The summed E-state index contributed by atoms with van der Waals surface area (Å²) in [4.78, 5) is -0.424. The van der Waals surface area contributed by atoms with Crippen molar-refractivity contribution in [2.24, 2.45) is 0 Å². The number of benzene rings is 2. The first-order valence-corrected chi connectivity index (χ1v) is 7.53. The standard InChI is InChI=1S/C14H9Br2ClF2/c1-7-4-10(13(19)6-12(7)18)14(16)9-3-2-8(15)5-11(9)17/h2-6,14H,1H3. The van der Waals surface area contributed by atoms with E-state index in [1.807, 2.05) is 6.07 Å². The molecule has 0 aliphatic rings. The fourth-order valence-corrected chi connectivity index (χ4v) is 3.41. The fourth-order valence-electron chi connectivity index (χ4n) is 1.75. The van der Waals surface area contributed by atoms with E-state index in [1.54, 1.807) is 19.1 Å². The van der Waals surface area contributed by atoms with Gasteiger partial charge in [0.15, 0.2) is 0 Å². The molecule has 0 aromatic heterocycles. The Kier molecular flexibility index (Phi) is 4.64. The Bertz CT molecular complexity index is 629. The summed E-state index contributed by atoms with van der Waals surface area (Å²) in [6, 6.07) is 7.74. The molecule has 0 aliphatic carbocycles. The molecule has 0 amide bonds. The van der Waals surface area contributed by atoms with E-state index in [9.17, 15) is 8.78 Å². The normalized spacial score (nSPS) is 12.5. The molecule has 0 nitrogen and oxygen atoms in total. The molecule has 0 heterocycles. The highest BCUT2D eigenvalue weighted by molar-refractivity contribution is 9.10. The fraction of sp³-hybridized carbons (Fsp3) is 0.143. The molecule has 0 bridgehead atoms. The summed E-state index contributed by atoms with van der Waals surface area (Å²) >= 11 is 12.9. The van der Waals surface area contributed by atoms with Gasteiger partial charge >= 0.3 is 0 Å². The lowest BCUT2D eigenvalue weighted by Crippen LogP contribution is -2.00. The van der Waals surface area contributed by atoms with Crippen molar-refractivity contribution in [3.05, 3.63) is 68.2 Å². The van der Waals surface area contributed by atoms with Crippen molar-refractivity contribution >= 4 is 43.5 Å². The lowest BCUT2D eigenvalue weighted by atomic mass is 10.0. The molecule has 2 rings (SSSR count). The Balaban J connectivity index is 2.49. The van der Waals surface area contributed by atoms with Crippen LogP contribution in [0.1, 0.15) is 21.5 Å². The Morgan fingerprint density at radius 1 is 1.05 bits per heavy atom. The van der Waals surface area contributed by atoms with Gasteiger partial charge in [0.05, 0.1) is 4.83 Å². The van der Waals surface area contributed by atoms with Crippen LogP contribution >= 0.6 is 43.5 Å². The zero-order chi connectivity index (χ0) is 14.2. The van der Waals surface area contributed by atoms with Gasteiger partial charge in [-0.15, -0.1) is 0 Å². The van der Waals surface area contributed by atoms with Crippen molar-refractivity contribution in [3.8, 4) is 0 Å². The monoisotopic (exact) mass is 408 g/mol.